The highest BCUT2D eigenvalue weighted by atomic mass is 16.5. The molecule has 2 rings (SSSR count). The first-order valence-corrected chi connectivity index (χ1v) is 8.43. The SMILES string of the molecule is COCCN(Cc1ccccn1)C(=O)C(c1ccc(C)cc1)N(C)C. The number of hydrogen-bond donors (Lipinski definition) is 0. The van der Waals surface area contributed by atoms with Crippen LogP contribution in [0.5, 0.6) is 0 Å². The molecule has 1 amide bonds. The highest BCUT2D eigenvalue weighted by Crippen LogP contribution is 2.22. The quantitative estimate of drug-likeness (QED) is 0.740. The molecular weight excluding hydrogens is 314 g/mol. The Bertz CT molecular complexity index is 656. The molecule has 0 N–H and O–H groups in total. The third-order valence-electron chi connectivity index (χ3n) is 4.10. The molecule has 0 saturated carbocycles. The van der Waals surface area contributed by atoms with Crippen LogP contribution in [0.4, 0.5) is 0 Å². The van der Waals surface area contributed by atoms with Crippen LogP contribution in [-0.2, 0) is 16.1 Å². The maximum Gasteiger partial charge on any atom is 0.244 e. The monoisotopic (exact) mass is 341 g/mol. The molecule has 1 unspecified atom stereocenters. The topological polar surface area (TPSA) is 45.7 Å². The molecular formula is C20H27N3O2. The van der Waals surface area contributed by atoms with Gasteiger partial charge in [-0.25, -0.2) is 0 Å². The van der Waals surface area contributed by atoms with Crippen molar-refractivity contribution in [2.75, 3.05) is 34.4 Å². The van der Waals surface area contributed by atoms with Gasteiger partial charge in [-0.2, -0.15) is 0 Å². The molecule has 2 aromatic rings. The van der Waals surface area contributed by atoms with Gasteiger partial charge >= 0.3 is 0 Å². The van der Waals surface area contributed by atoms with Crippen LogP contribution in [0.25, 0.3) is 0 Å². The van der Waals surface area contributed by atoms with E-state index in [4.69, 9.17) is 4.74 Å². The number of benzene rings is 1. The van der Waals surface area contributed by atoms with Crippen LogP contribution in [0.1, 0.15) is 22.9 Å². The predicted octanol–water partition coefficient (Wildman–Crippen LogP) is 2.67. The molecule has 0 aliphatic carbocycles. The van der Waals surface area contributed by atoms with Crippen LogP contribution >= 0.6 is 0 Å². The maximum atomic E-state index is 13.3. The van der Waals surface area contributed by atoms with Gasteiger partial charge in [0.25, 0.3) is 0 Å². The lowest BCUT2D eigenvalue weighted by Crippen LogP contribution is -2.41. The molecule has 0 aliphatic heterocycles. The van der Waals surface area contributed by atoms with Gasteiger partial charge in [0, 0.05) is 19.9 Å². The van der Waals surface area contributed by atoms with Crippen molar-refractivity contribution in [2.45, 2.75) is 19.5 Å². The summed E-state index contributed by atoms with van der Waals surface area (Å²) < 4.78 is 5.19. The van der Waals surface area contributed by atoms with E-state index in [-0.39, 0.29) is 11.9 Å². The Kier molecular flexibility index (Phi) is 7.10. The van der Waals surface area contributed by atoms with Gasteiger partial charge in [0.2, 0.25) is 5.91 Å². The molecule has 25 heavy (non-hydrogen) atoms. The van der Waals surface area contributed by atoms with Gasteiger partial charge in [0.1, 0.15) is 6.04 Å². The van der Waals surface area contributed by atoms with E-state index in [1.807, 2.05) is 73.3 Å². The minimum absolute atomic E-state index is 0.0524. The van der Waals surface area contributed by atoms with E-state index in [1.165, 1.54) is 5.56 Å². The fraction of sp³-hybridized carbons (Fsp3) is 0.400. The van der Waals surface area contributed by atoms with E-state index in [0.717, 1.165) is 11.3 Å². The van der Waals surface area contributed by atoms with Gasteiger partial charge in [0.05, 0.1) is 18.8 Å². The molecule has 1 aromatic carbocycles. The van der Waals surface area contributed by atoms with Crippen LogP contribution < -0.4 is 0 Å². The second-order valence-electron chi connectivity index (χ2n) is 6.35. The largest absolute Gasteiger partial charge is 0.383 e. The first-order chi connectivity index (χ1) is 12.0. The predicted molar refractivity (Wildman–Crippen MR) is 99.1 cm³/mol. The van der Waals surface area contributed by atoms with Gasteiger partial charge in [-0.05, 0) is 38.7 Å². The van der Waals surface area contributed by atoms with E-state index < -0.39 is 0 Å². The van der Waals surface area contributed by atoms with Gasteiger partial charge in [0.15, 0.2) is 0 Å². The summed E-state index contributed by atoms with van der Waals surface area (Å²) in [4.78, 5) is 21.4. The summed E-state index contributed by atoms with van der Waals surface area (Å²) in [5, 5.41) is 0. The average Bonchev–Trinajstić information content (AvgIpc) is 2.61. The number of nitrogens with zero attached hydrogens (tertiary/aromatic N) is 3. The molecule has 134 valence electrons. The molecule has 0 fully saturated rings. The number of aryl methyl sites for hydroxylation is 1. The van der Waals surface area contributed by atoms with Crippen molar-refractivity contribution in [3.63, 3.8) is 0 Å². The molecule has 0 saturated heterocycles. The molecule has 1 heterocycles. The summed E-state index contributed by atoms with van der Waals surface area (Å²) >= 11 is 0. The van der Waals surface area contributed by atoms with E-state index in [9.17, 15) is 4.79 Å². The fourth-order valence-electron chi connectivity index (χ4n) is 2.74. The van der Waals surface area contributed by atoms with Crippen LogP contribution in [0.15, 0.2) is 48.7 Å². The third-order valence-corrected chi connectivity index (χ3v) is 4.10. The number of rotatable bonds is 8. The normalized spacial score (nSPS) is 12.2. The van der Waals surface area contributed by atoms with Crippen LogP contribution in [-0.4, -0.2) is 55.0 Å². The number of aromatic nitrogens is 1. The summed E-state index contributed by atoms with van der Waals surface area (Å²) in [7, 11) is 5.50. The zero-order valence-electron chi connectivity index (χ0n) is 15.5. The minimum Gasteiger partial charge on any atom is -0.383 e. The van der Waals surface area contributed by atoms with E-state index in [1.54, 1.807) is 13.3 Å². The second kappa shape index (κ2) is 9.30. The standard InChI is InChI=1S/C20H27N3O2/c1-16-8-10-17(11-9-16)19(22(2)3)20(24)23(13-14-25-4)15-18-7-5-6-12-21-18/h5-12,19H,13-15H2,1-4H3. The Labute approximate surface area is 150 Å². The summed E-state index contributed by atoms with van der Waals surface area (Å²) in [6.45, 7) is 3.54. The summed E-state index contributed by atoms with van der Waals surface area (Å²) in [5.74, 6) is 0.0524. The second-order valence-corrected chi connectivity index (χ2v) is 6.35. The maximum absolute atomic E-state index is 13.3. The van der Waals surface area contributed by atoms with Crippen molar-refractivity contribution < 1.29 is 9.53 Å². The van der Waals surface area contributed by atoms with Gasteiger partial charge < -0.3 is 9.64 Å². The van der Waals surface area contributed by atoms with E-state index in [2.05, 4.69) is 4.98 Å². The zero-order chi connectivity index (χ0) is 18.2. The lowest BCUT2D eigenvalue weighted by atomic mass is 10.0. The Hall–Kier alpha value is -2.24. The molecule has 0 aliphatic rings. The van der Waals surface area contributed by atoms with Crippen molar-refractivity contribution in [1.29, 1.82) is 0 Å². The number of hydrogen-bond acceptors (Lipinski definition) is 4. The molecule has 1 aromatic heterocycles. The molecule has 0 spiro atoms. The highest BCUT2D eigenvalue weighted by molar-refractivity contribution is 5.83. The molecule has 0 bridgehead atoms. The van der Waals surface area contributed by atoms with E-state index >= 15 is 0 Å². The lowest BCUT2D eigenvalue weighted by molar-refractivity contribution is -0.137. The number of carbonyl (C=O) groups is 1. The molecule has 0 radical (unpaired) electrons. The fourth-order valence-corrected chi connectivity index (χ4v) is 2.74. The number of carbonyl (C=O) groups excluding carboxylic acids is 1. The van der Waals surface area contributed by atoms with Gasteiger partial charge in [-0.15, -0.1) is 0 Å². The smallest absolute Gasteiger partial charge is 0.244 e. The van der Waals surface area contributed by atoms with Gasteiger partial charge in [-0.1, -0.05) is 35.9 Å². The summed E-state index contributed by atoms with van der Waals surface area (Å²) in [5.41, 5.74) is 3.04. The third kappa shape index (κ3) is 5.37. The number of amides is 1. The summed E-state index contributed by atoms with van der Waals surface area (Å²) in [6, 6.07) is 13.5. The van der Waals surface area contributed by atoms with Crippen molar-refractivity contribution in [1.82, 2.24) is 14.8 Å². The average molecular weight is 341 g/mol. The van der Waals surface area contributed by atoms with Crippen molar-refractivity contribution >= 4 is 5.91 Å². The van der Waals surface area contributed by atoms with Crippen LogP contribution in [0.2, 0.25) is 0 Å². The van der Waals surface area contributed by atoms with E-state index in [0.29, 0.717) is 19.7 Å². The molecule has 5 heteroatoms. The lowest BCUT2D eigenvalue weighted by Gasteiger charge is -2.31. The van der Waals surface area contributed by atoms with Crippen molar-refractivity contribution in [3.05, 3.63) is 65.5 Å². The van der Waals surface area contributed by atoms with Gasteiger partial charge in [-0.3, -0.25) is 14.7 Å². The Morgan fingerprint density at radius 3 is 2.44 bits per heavy atom. The van der Waals surface area contributed by atoms with Crippen molar-refractivity contribution in [2.24, 2.45) is 0 Å². The Balaban J connectivity index is 2.25. The molecule has 1 atom stereocenters. The number of pyridine rings is 1. The zero-order valence-corrected chi connectivity index (χ0v) is 15.5. The van der Waals surface area contributed by atoms with Crippen molar-refractivity contribution in [3.8, 4) is 0 Å². The first-order valence-electron chi connectivity index (χ1n) is 8.43. The number of ether oxygens (including phenoxy) is 1. The highest BCUT2D eigenvalue weighted by Gasteiger charge is 2.28. The minimum atomic E-state index is -0.332. The Morgan fingerprint density at radius 1 is 1.16 bits per heavy atom. The summed E-state index contributed by atoms with van der Waals surface area (Å²) in [6.07, 6.45) is 1.75. The number of methoxy groups -OCH3 is 1. The Morgan fingerprint density at radius 2 is 1.88 bits per heavy atom. The van der Waals surface area contributed by atoms with Crippen LogP contribution in [0, 0.1) is 6.92 Å². The molecule has 5 nitrogen and oxygen atoms in total. The van der Waals surface area contributed by atoms with Crippen LogP contribution in [0.3, 0.4) is 0 Å². The first kappa shape index (κ1) is 19.1. The number of likely N-dealkylation sites (N-methyl/N-ethyl adjacent to an activating group) is 1.